The lowest BCUT2D eigenvalue weighted by Crippen LogP contribution is -2.14. The van der Waals surface area contributed by atoms with E-state index in [1.54, 1.807) is 44.6 Å². The van der Waals surface area contributed by atoms with Crippen molar-refractivity contribution in [2.75, 3.05) is 19.5 Å². The van der Waals surface area contributed by atoms with Gasteiger partial charge in [-0.25, -0.2) is 0 Å². The number of hydrogen-bond donors (Lipinski definition) is 2. The molecule has 140 valence electrons. The van der Waals surface area contributed by atoms with Crippen LogP contribution in [0.3, 0.4) is 0 Å². The van der Waals surface area contributed by atoms with Gasteiger partial charge in [-0.3, -0.25) is 4.79 Å². The van der Waals surface area contributed by atoms with Crippen LogP contribution in [0.15, 0.2) is 59.0 Å². The average Bonchev–Trinajstić information content (AvgIpc) is 3.17. The average molecular weight is 367 g/mol. The maximum Gasteiger partial charge on any atom is 0.228 e. The highest BCUT2D eigenvalue weighted by Crippen LogP contribution is 2.33. The second-order valence-corrected chi connectivity index (χ2v) is 5.91. The van der Waals surface area contributed by atoms with E-state index in [9.17, 15) is 9.90 Å². The first-order valence-electron chi connectivity index (χ1n) is 8.43. The summed E-state index contributed by atoms with van der Waals surface area (Å²) in [5.74, 6) is 2.25. The molecule has 1 heterocycles. The van der Waals surface area contributed by atoms with Gasteiger partial charge in [0.25, 0.3) is 0 Å². The zero-order chi connectivity index (χ0) is 19.2. The molecule has 0 aliphatic heterocycles. The summed E-state index contributed by atoms with van der Waals surface area (Å²) >= 11 is 0. The highest BCUT2D eigenvalue weighted by molar-refractivity contribution is 5.93. The summed E-state index contributed by atoms with van der Waals surface area (Å²) in [5, 5.41) is 12.1. The van der Waals surface area contributed by atoms with Crippen molar-refractivity contribution in [2.45, 2.75) is 13.0 Å². The van der Waals surface area contributed by atoms with Crippen molar-refractivity contribution in [1.29, 1.82) is 0 Å². The van der Waals surface area contributed by atoms with E-state index in [-0.39, 0.29) is 18.9 Å². The Morgan fingerprint density at radius 1 is 1.04 bits per heavy atom. The molecule has 27 heavy (non-hydrogen) atoms. The lowest BCUT2D eigenvalue weighted by Gasteiger charge is -2.11. The molecule has 0 unspecified atom stereocenters. The summed E-state index contributed by atoms with van der Waals surface area (Å²) in [6, 6.07) is 16.1. The van der Waals surface area contributed by atoms with E-state index in [4.69, 9.17) is 13.9 Å². The molecular formula is C21H21NO5. The Balaban J connectivity index is 1.76. The molecule has 0 radical (unpaired) electrons. The second-order valence-electron chi connectivity index (χ2n) is 5.91. The molecule has 6 nitrogen and oxygen atoms in total. The SMILES string of the molecule is COc1ccc(CC(=O)Nc2ccc(OC)c(-c3ccc(CO)o3)c2)cc1. The first kappa shape index (κ1) is 18.5. The van der Waals surface area contributed by atoms with Crippen LogP contribution in [-0.2, 0) is 17.8 Å². The maximum absolute atomic E-state index is 12.4. The Morgan fingerprint density at radius 2 is 1.81 bits per heavy atom. The Kier molecular flexibility index (Phi) is 5.78. The number of aliphatic hydroxyl groups excluding tert-OH is 1. The fourth-order valence-corrected chi connectivity index (χ4v) is 2.72. The van der Waals surface area contributed by atoms with Gasteiger partial charge in [-0.2, -0.15) is 0 Å². The lowest BCUT2D eigenvalue weighted by atomic mass is 10.1. The first-order chi connectivity index (χ1) is 13.1. The molecule has 0 fully saturated rings. The summed E-state index contributed by atoms with van der Waals surface area (Å²) in [6.45, 7) is -0.180. The number of methoxy groups -OCH3 is 2. The molecule has 0 bridgehead atoms. The Morgan fingerprint density at radius 3 is 2.44 bits per heavy atom. The number of furan rings is 1. The van der Waals surface area contributed by atoms with Gasteiger partial charge in [-0.15, -0.1) is 0 Å². The minimum atomic E-state index is -0.180. The van der Waals surface area contributed by atoms with Gasteiger partial charge in [0.1, 0.15) is 29.6 Å². The van der Waals surface area contributed by atoms with Crippen molar-refractivity contribution in [3.05, 3.63) is 65.9 Å². The van der Waals surface area contributed by atoms with E-state index in [0.29, 0.717) is 28.5 Å². The number of amides is 1. The van der Waals surface area contributed by atoms with Crippen LogP contribution >= 0.6 is 0 Å². The predicted molar refractivity (Wildman–Crippen MR) is 102 cm³/mol. The third-order valence-corrected chi connectivity index (χ3v) is 4.09. The Hall–Kier alpha value is -3.25. The largest absolute Gasteiger partial charge is 0.497 e. The molecule has 1 aromatic heterocycles. The van der Waals surface area contributed by atoms with Gasteiger partial charge >= 0.3 is 0 Å². The van der Waals surface area contributed by atoms with Crippen LogP contribution in [0.2, 0.25) is 0 Å². The summed E-state index contributed by atoms with van der Waals surface area (Å²) in [6.07, 6.45) is 0.251. The number of ether oxygens (including phenoxy) is 2. The number of carbonyl (C=O) groups is 1. The van der Waals surface area contributed by atoms with E-state index in [1.165, 1.54) is 0 Å². The first-order valence-corrected chi connectivity index (χ1v) is 8.43. The smallest absolute Gasteiger partial charge is 0.228 e. The van der Waals surface area contributed by atoms with Crippen molar-refractivity contribution in [3.63, 3.8) is 0 Å². The molecule has 0 aliphatic carbocycles. The number of anilines is 1. The van der Waals surface area contributed by atoms with Crippen molar-refractivity contribution in [1.82, 2.24) is 0 Å². The monoisotopic (exact) mass is 367 g/mol. The molecule has 6 heteroatoms. The van der Waals surface area contributed by atoms with Crippen LogP contribution in [0, 0.1) is 0 Å². The van der Waals surface area contributed by atoms with Crippen molar-refractivity contribution in [2.24, 2.45) is 0 Å². The zero-order valence-corrected chi connectivity index (χ0v) is 15.2. The van der Waals surface area contributed by atoms with E-state index >= 15 is 0 Å². The lowest BCUT2D eigenvalue weighted by molar-refractivity contribution is -0.115. The minimum absolute atomic E-state index is 0.133. The Bertz CT molecular complexity index is 915. The van der Waals surface area contributed by atoms with Crippen molar-refractivity contribution >= 4 is 11.6 Å². The number of aliphatic hydroxyl groups is 1. The molecule has 0 saturated heterocycles. The van der Waals surface area contributed by atoms with Crippen LogP contribution in [0.4, 0.5) is 5.69 Å². The molecule has 0 spiro atoms. The number of benzene rings is 2. The summed E-state index contributed by atoms with van der Waals surface area (Å²) in [7, 11) is 3.17. The van der Waals surface area contributed by atoms with Gasteiger partial charge < -0.3 is 24.3 Å². The van der Waals surface area contributed by atoms with E-state index < -0.39 is 0 Å². The minimum Gasteiger partial charge on any atom is -0.497 e. The van der Waals surface area contributed by atoms with Gasteiger partial charge in [0.2, 0.25) is 5.91 Å². The molecule has 3 rings (SSSR count). The molecule has 0 aliphatic rings. The highest BCUT2D eigenvalue weighted by Gasteiger charge is 2.13. The maximum atomic E-state index is 12.4. The van der Waals surface area contributed by atoms with Crippen molar-refractivity contribution in [3.8, 4) is 22.8 Å². The molecule has 2 N–H and O–H groups in total. The van der Waals surface area contributed by atoms with Crippen LogP contribution in [0.5, 0.6) is 11.5 Å². The summed E-state index contributed by atoms with van der Waals surface area (Å²) < 4.78 is 16.1. The zero-order valence-electron chi connectivity index (χ0n) is 15.2. The fourth-order valence-electron chi connectivity index (χ4n) is 2.72. The van der Waals surface area contributed by atoms with Gasteiger partial charge in [0, 0.05) is 5.69 Å². The Labute approximate surface area is 157 Å². The van der Waals surface area contributed by atoms with Gasteiger partial charge in [0.05, 0.1) is 26.2 Å². The quantitative estimate of drug-likeness (QED) is 0.666. The molecule has 0 atom stereocenters. The molecular weight excluding hydrogens is 346 g/mol. The van der Waals surface area contributed by atoms with E-state index in [1.807, 2.05) is 24.3 Å². The van der Waals surface area contributed by atoms with E-state index in [0.717, 1.165) is 11.3 Å². The second kappa shape index (κ2) is 8.42. The van der Waals surface area contributed by atoms with Crippen LogP contribution < -0.4 is 14.8 Å². The third-order valence-electron chi connectivity index (χ3n) is 4.09. The van der Waals surface area contributed by atoms with Gasteiger partial charge in [-0.1, -0.05) is 12.1 Å². The van der Waals surface area contributed by atoms with Crippen LogP contribution in [0.1, 0.15) is 11.3 Å². The fraction of sp³-hybridized carbons (Fsp3) is 0.190. The molecule has 2 aromatic carbocycles. The van der Waals surface area contributed by atoms with Crippen LogP contribution in [0.25, 0.3) is 11.3 Å². The standard InChI is InChI=1S/C21H21NO5/c1-25-16-6-3-14(4-7-16)11-21(24)22-15-5-9-19(26-2)18(12-15)20-10-8-17(13-23)27-20/h3-10,12,23H,11,13H2,1-2H3,(H,22,24). The van der Waals surface area contributed by atoms with Gasteiger partial charge in [-0.05, 0) is 48.0 Å². The van der Waals surface area contributed by atoms with Crippen LogP contribution in [-0.4, -0.2) is 25.2 Å². The normalized spacial score (nSPS) is 10.5. The predicted octanol–water partition coefficient (Wildman–Crippen LogP) is 3.64. The van der Waals surface area contributed by atoms with E-state index in [2.05, 4.69) is 5.32 Å². The van der Waals surface area contributed by atoms with Gasteiger partial charge in [0.15, 0.2) is 0 Å². The summed E-state index contributed by atoms with van der Waals surface area (Å²) in [5.41, 5.74) is 2.21. The highest BCUT2D eigenvalue weighted by atomic mass is 16.5. The molecule has 1 amide bonds. The molecule has 3 aromatic rings. The number of carbonyl (C=O) groups excluding carboxylic acids is 1. The summed E-state index contributed by atoms with van der Waals surface area (Å²) in [4.78, 5) is 12.4. The number of hydrogen-bond acceptors (Lipinski definition) is 5. The number of rotatable bonds is 7. The number of nitrogens with one attached hydrogen (secondary N) is 1. The van der Waals surface area contributed by atoms with Crippen molar-refractivity contribution < 1.29 is 23.8 Å². The third kappa shape index (κ3) is 4.48. The topological polar surface area (TPSA) is 80.9 Å². The molecule has 0 saturated carbocycles.